The van der Waals surface area contributed by atoms with E-state index in [1.54, 1.807) is 6.07 Å². The number of carbonyl (C=O) groups is 3. The second kappa shape index (κ2) is 8.80. The van der Waals surface area contributed by atoms with Crippen molar-refractivity contribution in [1.82, 2.24) is 25.3 Å². The van der Waals surface area contributed by atoms with Gasteiger partial charge >= 0.3 is 0 Å². The van der Waals surface area contributed by atoms with Gasteiger partial charge < -0.3 is 15.2 Å². The molecule has 1 saturated carbocycles. The number of nitrogens with one attached hydrogen (secondary N) is 3. The van der Waals surface area contributed by atoms with Crippen LogP contribution in [0.3, 0.4) is 0 Å². The van der Waals surface area contributed by atoms with Crippen molar-refractivity contribution in [2.45, 2.75) is 31.2 Å². The molecule has 2 amide bonds. The van der Waals surface area contributed by atoms with Crippen LogP contribution in [0, 0.1) is 24.1 Å². The average molecular weight is 520 g/mol. The van der Waals surface area contributed by atoms with Gasteiger partial charge in [-0.1, -0.05) is 11.6 Å². The summed E-state index contributed by atoms with van der Waals surface area (Å²) in [4.78, 5) is 38.8. The molecule has 2 heterocycles. The van der Waals surface area contributed by atoms with Gasteiger partial charge in [0, 0.05) is 31.3 Å². The van der Waals surface area contributed by atoms with E-state index in [9.17, 15) is 27.6 Å². The fourth-order valence-electron chi connectivity index (χ4n) is 4.14. The van der Waals surface area contributed by atoms with Gasteiger partial charge in [0.15, 0.2) is 0 Å². The number of hydrogen-bond acceptors (Lipinski definition) is 6. The quantitative estimate of drug-likeness (QED) is 0.337. The van der Waals surface area contributed by atoms with E-state index in [0.717, 1.165) is 12.1 Å². The van der Waals surface area contributed by atoms with Crippen molar-refractivity contribution in [3.8, 4) is 6.07 Å². The van der Waals surface area contributed by atoms with Crippen LogP contribution in [0.1, 0.15) is 50.6 Å². The van der Waals surface area contributed by atoms with Gasteiger partial charge in [0.2, 0.25) is 0 Å². The summed E-state index contributed by atoms with van der Waals surface area (Å²) in [6, 6.07) is 5.00. The summed E-state index contributed by atoms with van der Waals surface area (Å²) in [5, 5.41) is 23.1. The Balaban J connectivity index is 1.60. The molecule has 3 aromatic rings. The first kappa shape index (κ1) is 24.9. The largest absolute Gasteiger partial charge is 0.342 e. The fraction of sp³-hybridized carbons (Fsp3) is 0.273. The molecule has 1 fully saturated rings. The number of anilines is 1. The molecule has 2 aromatic heterocycles. The highest BCUT2D eigenvalue weighted by molar-refractivity contribution is 6.48. The van der Waals surface area contributed by atoms with Crippen molar-refractivity contribution in [2.24, 2.45) is 7.05 Å². The zero-order valence-electron chi connectivity index (χ0n) is 18.7. The van der Waals surface area contributed by atoms with E-state index >= 15 is 0 Å². The molecular formula is C22H17ClF3N7O3. The number of aromatic nitrogens is 4. The molecule has 1 aliphatic rings. The van der Waals surface area contributed by atoms with E-state index in [0.29, 0.717) is 0 Å². The van der Waals surface area contributed by atoms with E-state index in [2.05, 4.69) is 26.0 Å². The molecule has 14 heteroatoms. The van der Waals surface area contributed by atoms with E-state index in [-0.39, 0.29) is 38.9 Å². The minimum absolute atomic E-state index is 0.0431. The first-order chi connectivity index (χ1) is 16.9. The smallest absolute Gasteiger partial charge is 0.293 e. The normalized spacial score (nSPS) is 15.5. The Kier molecular flexibility index (Phi) is 6.09. The molecule has 0 saturated heterocycles. The van der Waals surface area contributed by atoms with Crippen LogP contribution in [0.25, 0.3) is 0 Å². The molecule has 4 rings (SSSR count). The van der Waals surface area contributed by atoms with Gasteiger partial charge in [0.1, 0.15) is 23.3 Å². The maximum Gasteiger partial charge on any atom is 0.293 e. The molecule has 186 valence electrons. The van der Waals surface area contributed by atoms with Gasteiger partial charge in [-0.2, -0.15) is 20.7 Å². The SMILES string of the molecule is Cc1c(C(=O)C(=O)NC2(c3cn[nH]n3)CC(F)(F)C2)c(Cl)c(C(=O)Nc2ccc(F)c(C#N)c2)n1C. The molecule has 0 unspecified atom stereocenters. The topological polar surface area (TPSA) is 146 Å². The Labute approximate surface area is 206 Å². The van der Waals surface area contributed by atoms with Crippen LogP contribution in [0.5, 0.6) is 0 Å². The second-order valence-corrected chi connectivity index (χ2v) is 8.75. The maximum atomic E-state index is 13.7. The molecule has 0 spiro atoms. The summed E-state index contributed by atoms with van der Waals surface area (Å²) in [6.45, 7) is 1.44. The van der Waals surface area contributed by atoms with Crippen LogP contribution in [-0.2, 0) is 17.4 Å². The second-order valence-electron chi connectivity index (χ2n) is 8.37. The van der Waals surface area contributed by atoms with Gasteiger partial charge in [0.25, 0.3) is 23.5 Å². The van der Waals surface area contributed by atoms with Crippen molar-refractivity contribution in [2.75, 3.05) is 5.32 Å². The number of alkyl halides is 2. The summed E-state index contributed by atoms with van der Waals surface area (Å²) in [6.07, 6.45) is -0.373. The third kappa shape index (κ3) is 4.20. The number of ketones is 1. The van der Waals surface area contributed by atoms with Crippen molar-refractivity contribution in [3.63, 3.8) is 0 Å². The molecule has 10 nitrogen and oxygen atoms in total. The molecule has 0 aliphatic heterocycles. The Morgan fingerprint density at radius 3 is 2.56 bits per heavy atom. The van der Waals surface area contributed by atoms with Crippen LogP contribution in [0.15, 0.2) is 24.4 Å². The monoisotopic (exact) mass is 519 g/mol. The molecular weight excluding hydrogens is 503 g/mol. The number of halogens is 4. The first-order valence-electron chi connectivity index (χ1n) is 10.4. The average Bonchev–Trinajstić information content (AvgIpc) is 3.41. The molecule has 3 N–H and O–H groups in total. The molecule has 0 bridgehead atoms. The summed E-state index contributed by atoms with van der Waals surface area (Å²) < 4.78 is 42.3. The van der Waals surface area contributed by atoms with E-state index in [1.807, 2.05) is 0 Å². The van der Waals surface area contributed by atoms with E-state index < -0.39 is 47.7 Å². The highest BCUT2D eigenvalue weighted by Crippen LogP contribution is 2.51. The number of carbonyl (C=O) groups excluding carboxylic acids is 3. The molecule has 1 aromatic carbocycles. The molecule has 1 aliphatic carbocycles. The Bertz CT molecular complexity index is 1440. The Hall–Kier alpha value is -4.18. The van der Waals surface area contributed by atoms with Crippen LogP contribution in [0.2, 0.25) is 5.02 Å². The van der Waals surface area contributed by atoms with Crippen molar-refractivity contribution < 1.29 is 27.6 Å². The Morgan fingerprint density at radius 2 is 1.97 bits per heavy atom. The zero-order chi connectivity index (χ0) is 26.4. The number of nitrogens with zero attached hydrogens (tertiary/aromatic N) is 4. The van der Waals surface area contributed by atoms with Crippen molar-refractivity contribution >= 4 is 34.9 Å². The Morgan fingerprint density at radius 1 is 1.28 bits per heavy atom. The van der Waals surface area contributed by atoms with Gasteiger partial charge in [-0.05, 0) is 25.1 Å². The predicted octanol–water partition coefficient (Wildman–Crippen LogP) is 2.99. The third-order valence-corrected chi connectivity index (χ3v) is 6.37. The van der Waals surface area contributed by atoms with Gasteiger partial charge in [0.05, 0.1) is 27.9 Å². The summed E-state index contributed by atoms with van der Waals surface area (Å²) in [5.41, 5.74) is -2.07. The number of rotatable bonds is 6. The highest BCUT2D eigenvalue weighted by atomic mass is 35.5. The van der Waals surface area contributed by atoms with Gasteiger partial charge in [-0.15, -0.1) is 0 Å². The summed E-state index contributed by atoms with van der Waals surface area (Å²) >= 11 is 6.34. The number of amides is 2. The van der Waals surface area contributed by atoms with Crippen LogP contribution < -0.4 is 10.6 Å². The lowest BCUT2D eigenvalue weighted by atomic mass is 9.71. The highest BCUT2D eigenvalue weighted by Gasteiger charge is 2.60. The number of aromatic amines is 1. The number of H-pyrrole nitrogens is 1. The van der Waals surface area contributed by atoms with Crippen molar-refractivity contribution in [1.29, 1.82) is 5.26 Å². The van der Waals surface area contributed by atoms with Gasteiger partial charge in [-0.3, -0.25) is 14.4 Å². The minimum Gasteiger partial charge on any atom is -0.342 e. The fourth-order valence-corrected chi connectivity index (χ4v) is 4.57. The van der Waals surface area contributed by atoms with Gasteiger partial charge in [-0.25, -0.2) is 13.2 Å². The summed E-state index contributed by atoms with van der Waals surface area (Å²) in [5.74, 6) is -6.98. The number of hydrogen-bond donors (Lipinski definition) is 3. The molecule has 0 atom stereocenters. The van der Waals surface area contributed by atoms with Crippen LogP contribution in [0.4, 0.5) is 18.9 Å². The molecule has 36 heavy (non-hydrogen) atoms. The number of nitriles is 1. The maximum absolute atomic E-state index is 13.7. The lowest BCUT2D eigenvalue weighted by Crippen LogP contribution is -2.61. The summed E-state index contributed by atoms with van der Waals surface area (Å²) in [7, 11) is 1.43. The van der Waals surface area contributed by atoms with E-state index in [1.165, 1.54) is 30.8 Å². The third-order valence-electron chi connectivity index (χ3n) is 6.00. The molecule has 0 radical (unpaired) electrons. The first-order valence-corrected chi connectivity index (χ1v) is 10.7. The van der Waals surface area contributed by atoms with E-state index in [4.69, 9.17) is 16.9 Å². The standard InChI is InChI=1S/C22H17ClF3N7O3/c1-10-15(18(34)20(36)30-21(8-22(25,26)9-21)14-7-28-32-31-14)16(23)17(33(10)2)19(35)29-12-3-4-13(24)11(5-12)6-27/h3-5,7H,8-9H2,1-2H3,(H,29,35)(H,30,36)(H,28,31,32). The van der Waals surface area contributed by atoms with Crippen molar-refractivity contribution in [3.05, 3.63) is 63.4 Å². The minimum atomic E-state index is -3.06. The van der Waals surface area contributed by atoms with Crippen LogP contribution in [-0.4, -0.2) is 43.5 Å². The predicted molar refractivity (Wildman–Crippen MR) is 119 cm³/mol. The lowest BCUT2D eigenvalue weighted by molar-refractivity contribution is -0.148. The zero-order valence-corrected chi connectivity index (χ0v) is 19.5. The number of Topliss-reactive ketones (excluding diaryl/α,β-unsaturated/α-hetero) is 1. The lowest BCUT2D eigenvalue weighted by Gasteiger charge is -2.46. The number of benzene rings is 1. The van der Waals surface area contributed by atoms with Crippen LogP contribution >= 0.6 is 11.6 Å².